The lowest BCUT2D eigenvalue weighted by Crippen LogP contribution is -2.44. The number of benzene rings is 1. The highest BCUT2D eigenvalue weighted by molar-refractivity contribution is 9.10. The van der Waals surface area contributed by atoms with Gasteiger partial charge in [-0.1, -0.05) is 15.9 Å². The van der Waals surface area contributed by atoms with Crippen molar-refractivity contribution in [3.05, 3.63) is 28.2 Å². The summed E-state index contributed by atoms with van der Waals surface area (Å²) in [6.07, 6.45) is -4.91. The molecule has 0 saturated heterocycles. The average Bonchev–Trinajstić information content (AvgIpc) is 2.24. The second-order valence-corrected chi connectivity index (χ2v) is 4.59. The Kier molecular flexibility index (Phi) is 4.75. The predicted molar refractivity (Wildman–Crippen MR) is 66.3 cm³/mol. The number of nitrogens with two attached hydrogens (primary N) is 1. The Morgan fingerprint density at radius 2 is 2.06 bits per heavy atom. The van der Waals surface area contributed by atoms with Crippen molar-refractivity contribution < 1.29 is 18.0 Å². The first kappa shape index (κ1) is 15.0. The molecule has 1 aromatic rings. The van der Waals surface area contributed by atoms with Crippen LogP contribution in [0.25, 0.3) is 0 Å². The lowest BCUT2D eigenvalue weighted by Gasteiger charge is -2.25. The van der Waals surface area contributed by atoms with Crippen LogP contribution in [0.2, 0.25) is 0 Å². The van der Waals surface area contributed by atoms with Crippen molar-refractivity contribution in [1.82, 2.24) is 0 Å². The van der Waals surface area contributed by atoms with Gasteiger partial charge < -0.3 is 10.6 Å². The molecular weight excluding hydrogens is 313 g/mol. The molecule has 0 aliphatic heterocycles. The number of anilines is 1. The minimum Gasteiger partial charge on any atom is -0.329 e. The highest BCUT2D eigenvalue weighted by Crippen LogP contribution is 2.28. The topological polar surface area (TPSA) is 46.3 Å². The van der Waals surface area contributed by atoms with Gasteiger partial charge in [-0.05, 0) is 30.7 Å². The molecule has 3 nitrogen and oxygen atoms in total. The van der Waals surface area contributed by atoms with E-state index in [2.05, 4.69) is 15.9 Å². The molecule has 2 N–H and O–H groups in total. The van der Waals surface area contributed by atoms with Crippen molar-refractivity contribution in [2.75, 3.05) is 18.0 Å². The molecule has 1 aromatic carbocycles. The Balaban J connectivity index is 3.16. The summed E-state index contributed by atoms with van der Waals surface area (Å²) in [6.45, 7) is 1.41. The molecule has 0 fully saturated rings. The van der Waals surface area contributed by atoms with Crippen LogP contribution in [0.5, 0.6) is 0 Å². The number of hydrogen-bond donors (Lipinski definition) is 1. The fourth-order valence-electron chi connectivity index (χ4n) is 1.54. The van der Waals surface area contributed by atoms with Crippen LogP contribution in [-0.4, -0.2) is 25.2 Å². The lowest BCUT2D eigenvalue weighted by molar-refractivity contribution is -0.170. The Morgan fingerprint density at radius 1 is 1.44 bits per heavy atom. The molecule has 7 heteroatoms. The van der Waals surface area contributed by atoms with E-state index in [-0.39, 0.29) is 18.8 Å². The fraction of sp³-hybridized carbons (Fsp3) is 0.364. The monoisotopic (exact) mass is 324 g/mol. The van der Waals surface area contributed by atoms with Gasteiger partial charge in [0.25, 0.3) is 0 Å². The van der Waals surface area contributed by atoms with Gasteiger partial charge in [0.15, 0.2) is 0 Å². The van der Waals surface area contributed by atoms with E-state index in [1.54, 1.807) is 19.1 Å². The molecule has 0 heterocycles. The largest absolute Gasteiger partial charge is 0.471 e. The van der Waals surface area contributed by atoms with Gasteiger partial charge in [-0.2, -0.15) is 13.2 Å². The van der Waals surface area contributed by atoms with Crippen LogP contribution in [0.15, 0.2) is 22.7 Å². The first-order chi connectivity index (χ1) is 8.27. The van der Waals surface area contributed by atoms with Crippen molar-refractivity contribution in [1.29, 1.82) is 0 Å². The summed E-state index contributed by atoms with van der Waals surface area (Å²) < 4.78 is 38.2. The molecule has 0 saturated carbocycles. The van der Waals surface area contributed by atoms with Gasteiger partial charge in [0.2, 0.25) is 0 Å². The van der Waals surface area contributed by atoms with E-state index in [1.165, 1.54) is 6.07 Å². The molecule has 0 unspecified atom stereocenters. The fourth-order valence-corrected chi connectivity index (χ4v) is 2.01. The summed E-state index contributed by atoms with van der Waals surface area (Å²) in [5.74, 6) is -1.90. The standard InChI is InChI=1S/C11H12BrF3N2O/c1-7-6-8(12)2-3-9(7)17(5-4-16)10(18)11(13,14)15/h2-3,6H,4-5,16H2,1H3. The van der Waals surface area contributed by atoms with Crippen LogP contribution < -0.4 is 10.6 Å². The third-order valence-electron chi connectivity index (χ3n) is 2.29. The van der Waals surface area contributed by atoms with Crippen LogP contribution in [0.1, 0.15) is 5.56 Å². The third-order valence-corrected chi connectivity index (χ3v) is 2.78. The van der Waals surface area contributed by atoms with E-state index in [0.717, 1.165) is 4.47 Å². The summed E-state index contributed by atoms with van der Waals surface area (Å²) in [5, 5.41) is 0. The number of aryl methyl sites for hydroxylation is 1. The number of rotatable bonds is 3. The van der Waals surface area contributed by atoms with Crippen LogP contribution in [0.3, 0.4) is 0 Å². The number of carbonyl (C=O) groups is 1. The third kappa shape index (κ3) is 3.46. The van der Waals surface area contributed by atoms with Crippen LogP contribution in [0, 0.1) is 6.92 Å². The van der Waals surface area contributed by atoms with Crippen LogP contribution in [0.4, 0.5) is 18.9 Å². The maximum absolute atomic E-state index is 12.5. The van der Waals surface area contributed by atoms with E-state index < -0.39 is 12.1 Å². The van der Waals surface area contributed by atoms with Crippen molar-refractivity contribution in [3.8, 4) is 0 Å². The van der Waals surface area contributed by atoms with E-state index in [0.29, 0.717) is 10.5 Å². The Hall–Kier alpha value is -1.08. The second kappa shape index (κ2) is 5.71. The highest BCUT2D eigenvalue weighted by atomic mass is 79.9. The maximum atomic E-state index is 12.5. The smallest absolute Gasteiger partial charge is 0.329 e. The Bertz CT molecular complexity index is 448. The Morgan fingerprint density at radius 3 is 2.50 bits per heavy atom. The van der Waals surface area contributed by atoms with E-state index >= 15 is 0 Å². The number of carbonyl (C=O) groups excluding carboxylic acids is 1. The first-order valence-corrected chi connectivity index (χ1v) is 5.91. The molecule has 18 heavy (non-hydrogen) atoms. The van der Waals surface area contributed by atoms with Gasteiger partial charge >= 0.3 is 12.1 Å². The molecule has 0 bridgehead atoms. The zero-order valence-electron chi connectivity index (χ0n) is 9.59. The zero-order valence-corrected chi connectivity index (χ0v) is 11.2. The van der Waals surface area contributed by atoms with E-state index in [1.807, 2.05) is 0 Å². The minimum atomic E-state index is -4.91. The SMILES string of the molecule is Cc1cc(Br)ccc1N(CCN)C(=O)C(F)(F)F. The van der Waals surface area contributed by atoms with E-state index in [9.17, 15) is 18.0 Å². The molecule has 0 aliphatic rings. The number of amides is 1. The quantitative estimate of drug-likeness (QED) is 0.929. The average molecular weight is 325 g/mol. The maximum Gasteiger partial charge on any atom is 0.471 e. The molecule has 0 radical (unpaired) electrons. The van der Waals surface area contributed by atoms with Crippen molar-refractivity contribution in [2.45, 2.75) is 13.1 Å². The minimum absolute atomic E-state index is 0.0443. The highest BCUT2D eigenvalue weighted by Gasteiger charge is 2.43. The van der Waals surface area contributed by atoms with Gasteiger partial charge in [-0.15, -0.1) is 0 Å². The summed E-state index contributed by atoms with van der Waals surface area (Å²) in [6, 6.07) is 4.68. The number of halogens is 4. The Labute approximate surface area is 111 Å². The number of hydrogen-bond acceptors (Lipinski definition) is 2. The van der Waals surface area contributed by atoms with Crippen molar-refractivity contribution in [2.24, 2.45) is 5.73 Å². The summed E-state index contributed by atoms with van der Waals surface area (Å²) in [7, 11) is 0. The van der Waals surface area contributed by atoms with Gasteiger partial charge in [-0.3, -0.25) is 4.79 Å². The normalized spacial score (nSPS) is 11.4. The molecule has 100 valence electrons. The number of alkyl halides is 3. The first-order valence-electron chi connectivity index (χ1n) is 5.12. The van der Waals surface area contributed by atoms with Gasteiger partial charge in [-0.25, -0.2) is 0 Å². The zero-order chi connectivity index (χ0) is 13.9. The van der Waals surface area contributed by atoms with Crippen LogP contribution in [-0.2, 0) is 4.79 Å². The molecule has 1 rings (SSSR count). The molecule has 0 atom stereocenters. The molecule has 0 aliphatic carbocycles. The van der Waals surface area contributed by atoms with Crippen LogP contribution >= 0.6 is 15.9 Å². The molecule has 0 spiro atoms. The van der Waals surface area contributed by atoms with Gasteiger partial charge in [0.05, 0.1) is 0 Å². The summed E-state index contributed by atoms with van der Waals surface area (Å²) >= 11 is 3.21. The van der Waals surface area contributed by atoms with Gasteiger partial charge in [0.1, 0.15) is 0 Å². The van der Waals surface area contributed by atoms with Gasteiger partial charge in [0, 0.05) is 23.2 Å². The molecule has 1 amide bonds. The number of nitrogens with zero attached hydrogens (tertiary/aromatic N) is 1. The summed E-state index contributed by atoms with van der Waals surface area (Å²) in [5.41, 5.74) is 6.04. The van der Waals surface area contributed by atoms with Crippen molar-refractivity contribution in [3.63, 3.8) is 0 Å². The van der Waals surface area contributed by atoms with E-state index in [4.69, 9.17) is 5.73 Å². The molecule has 0 aromatic heterocycles. The molecular formula is C11H12BrF3N2O. The lowest BCUT2D eigenvalue weighted by atomic mass is 10.1. The second-order valence-electron chi connectivity index (χ2n) is 3.67. The van der Waals surface area contributed by atoms with Crippen molar-refractivity contribution >= 4 is 27.5 Å². The predicted octanol–water partition coefficient (Wildman–Crippen LogP) is 2.61. The summed E-state index contributed by atoms with van der Waals surface area (Å²) in [4.78, 5) is 12.0.